The van der Waals surface area contributed by atoms with Crippen LogP contribution in [0.25, 0.3) is 9.88 Å². The molecule has 0 aliphatic carbocycles. The topological polar surface area (TPSA) is 60.2 Å². The van der Waals surface area contributed by atoms with E-state index >= 15 is 0 Å². The zero-order valence-corrected chi connectivity index (χ0v) is 16.3. The Balaban J connectivity index is 1.33. The molecule has 136 valence electrons. The summed E-state index contributed by atoms with van der Waals surface area (Å²) in [4.78, 5) is 22.6. The lowest BCUT2D eigenvalue weighted by atomic mass is 10.1. The molecule has 0 spiro atoms. The first-order valence-electron chi connectivity index (χ1n) is 8.73. The standard InChI is InChI=1S/C20H18N4OS2/c21-12-15-3-5-16(6-4-15)13-23-7-9-24(10-8-23)20(25)17-14-27-19(22-17)18-2-1-11-26-18/h1-6,11,14H,7-10,13H2. The molecule has 3 aromatic rings. The van der Waals surface area contributed by atoms with Crippen molar-refractivity contribution < 1.29 is 4.79 Å². The highest BCUT2D eigenvalue weighted by molar-refractivity contribution is 7.20. The summed E-state index contributed by atoms with van der Waals surface area (Å²) < 4.78 is 0. The Morgan fingerprint density at radius 3 is 2.56 bits per heavy atom. The number of nitrogens with zero attached hydrogens (tertiary/aromatic N) is 4. The fourth-order valence-electron chi connectivity index (χ4n) is 3.10. The molecule has 0 saturated carbocycles. The van der Waals surface area contributed by atoms with Crippen LogP contribution < -0.4 is 0 Å². The summed E-state index contributed by atoms with van der Waals surface area (Å²) in [6, 6.07) is 13.9. The summed E-state index contributed by atoms with van der Waals surface area (Å²) in [5, 5.41) is 13.7. The maximum atomic E-state index is 12.7. The number of thiazole rings is 1. The Kier molecular flexibility index (Phi) is 5.30. The van der Waals surface area contributed by atoms with Crippen LogP contribution >= 0.6 is 22.7 Å². The zero-order chi connectivity index (χ0) is 18.6. The lowest BCUT2D eigenvalue weighted by Gasteiger charge is -2.34. The first kappa shape index (κ1) is 17.9. The SMILES string of the molecule is N#Cc1ccc(CN2CCN(C(=O)c3csc(-c4cccs4)n3)CC2)cc1. The number of benzene rings is 1. The maximum Gasteiger partial charge on any atom is 0.273 e. The van der Waals surface area contributed by atoms with E-state index in [1.165, 1.54) is 16.9 Å². The van der Waals surface area contributed by atoms with Crippen LogP contribution in [0.5, 0.6) is 0 Å². The fourth-order valence-corrected chi connectivity index (χ4v) is 4.71. The third-order valence-corrected chi connectivity index (χ3v) is 6.49. The van der Waals surface area contributed by atoms with E-state index in [4.69, 9.17) is 5.26 Å². The van der Waals surface area contributed by atoms with Gasteiger partial charge in [0.15, 0.2) is 0 Å². The van der Waals surface area contributed by atoms with Gasteiger partial charge in [-0.1, -0.05) is 18.2 Å². The quantitative estimate of drug-likeness (QED) is 0.677. The van der Waals surface area contributed by atoms with Crippen LogP contribution in [0.3, 0.4) is 0 Å². The van der Waals surface area contributed by atoms with Gasteiger partial charge in [-0.25, -0.2) is 4.98 Å². The minimum atomic E-state index is 0.0204. The normalized spacial score (nSPS) is 14.9. The number of thiophene rings is 1. The van der Waals surface area contributed by atoms with Crippen LogP contribution in [0.15, 0.2) is 47.2 Å². The summed E-state index contributed by atoms with van der Waals surface area (Å²) in [5.74, 6) is 0.0204. The third kappa shape index (κ3) is 4.08. The Morgan fingerprint density at radius 2 is 1.89 bits per heavy atom. The molecule has 5 nitrogen and oxygen atoms in total. The summed E-state index contributed by atoms with van der Waals surface area (Å²) in [6.45, 7) is 3.94. The minimum absolute atomic E-state index is 0.0204. The van der Waals surface area contributed by atoms with Crippen molar-refractivity contribution >= 4 is 28.6 Å². The largest absolute Gasteiger partial charge is 0.335 e. The van der Waals surface area contributed by atoms with Crippen molar-refractivity contribution in [2.45, 2.75) is 6.54 Å². The fraction of sp³-hybridized carbons (Fsp3) is 0.250. The molecule has 1 aliphatic rings. The van der Waals surface area contributed by atoms with E-state index in [1.807, 2.05) is 52.1 Å². The molecule has 27 heavy (non-hydrogen) atoms. The molecular formula is C20H18N4OS2. The molecule has 1 aromatic carbocycles. The van der Waals surface area contributed by atoms with E-state index in [2.05, 4.69) is 16.0 Å². The zero-order valence-electron chi connectivity index (χ0n) is 14.7. The van der Waals surface area contributed by atoms with Crippen LogP contribution in [0.1, 0.15) is 21.6 Å². The van der Waals surface area contributed by atoms with Crippen molar-refractivity contribution in [1.82, 2.24) is 14.8 Å². The number of nitriles is 1. The molecule has 3 heterocycles. The van der Waals surface area contributed by atoms with E-state index < -0.39 is 0 Å². The molecule has 0 unspecified atom stereocenters. The lowest BCUT2D eigenvalue weighted by Crippen LogP contribution is -2.48. The van der Waals surface area contributed by atoms with E-state index in [0.29, 0.717) is 24.3 Å². The van der Waals surface area contributed by atoms with Crippen LogP contribution in [-0.4, -0.2) is 46.9 Å². The highest BCUT2D eigenvalue weighted by atomic mass is 32.1. The first-order chi connectivity index (χ1) is 13.2. The highest BCUT2D eigenvalue weighted by Gasteiger charge is 2.24. The molecule has 2 aromatic heterocycles. The molecule has 1 saturated heterocycles. The van der Waals surface area contributed by atoms with Crippen LogP contribution in [0, 0.1) is 11.3 Å². The maximum absolute atomic E-state index is 12.7. The Labute approximate surface area is 166 Å². The van der Waals surface area contributed by atoms with E-state index in [1.54, 1.807) is 11.3 Å². The van der Waals surface area contributed by atoms with Crippen molar-refractivity contribution in [2.24, 2.45) is 0 Å². The van der Waals surface area contributed by atoms with Gasteiger partial charge in [0.05, 0.1) is 16.5 Å². The van der Waals surface area contributed by atoms with Crippen molar-refractivity contribution in [3.8, 4) is 16.0 Å². The second-order valence-electron chi connectivity index (χ2n) is 6.39. The van der Waals surface area contributed by atoms with Gasteiger partial charge in [0.25, 0.3) is 5.91 Å². The van der Waals surface area contributed by atoms with Gasteiger partial charge in [-0.3, -0.25) is 9.69 Å². The Hall–Kier alpha value is -2.53. The Bertz CT molecular complexity index is 949. The number of piperazine rings is 1. The minimum Gasteiger partial charge on any atom is -0.335 e. The van der Waals surface area contributed by atoms with Crippen LogP contribution in [0.4, 0.5) is 0 Å². The van der Waals surface area contributed by atoms with Crippen molar-refractivity contribution in [3.05, 3.63) is 64.0 Å². The second kappa shape index (κ2) is 8.01. The van der Waals surface area contributed by atoms with Gasteiger partial charge >= 0.3 is 0 Å². The molecular weight excluding hydrogens is 376 g/mol. The summed E-state index contributed by atoms with van der Waals surface area (Å²) in [5.41, 5.74) is 2.41. The predicted molar refractivity (Wildman–Crippen MR) is 108 cm³/mol. The van der Waals surface area contributed by atoms with Crippen molar-refractivity contribution in [2.75, 3.05) is 26.2 Å². The van der Waals surface area contributed by atoms with E-state index in [0.717, 1.165) is 29.5 Å². The highest BCUT2D eigenvalue weighted by Crippen LogP contribution is 2.28. The number of amides is 1. The molecule has 0 atom stereocenters. The van der Waals surface area contributed by atoms with Crippen molar-refractivity contribution in [1.29, 1.82) is 5.26 Å². The van der Waals surface area contributed by atoms with E-state index in [-0.39, 0.29) is 5.91 Å². The molecule has 1 fully saturated rings. The van der Waals surface area contributed by atoms with Gasteiger partial charge in [0.2, 0.25) is 0 Å². The lowest BCUT2D eigenvalue weighted by molar-refractivity contribution is 0.0623. The number of hydrogen-bond acceptors (Lipinski definition) is 6. The monoisotopic (exact) mass is 394 g/mol. The van der Waals surface area contributed by atoms with Gasteiger partial charge in [0, 0.05) is 38.1 Å². The number of rotatable bonds is 4. The predicted octanol–water partition coefficient (Wildman–Crippen LogP) is 3.70. The second-order valence-corrected chi connectivity index (χ2v) is 8.20. The van der Waals surface area contributed by atoms with Gasteiger partial charge in [-0.15, -0.1) is 22.7 Å². The molecule has 0 radical (unpaired) electrons. The van der Waals surface area contributed by atoms with Crippen LogP contribution in [0.2, 0.25) is 0 Å². The molecule has 0 N–H and O–H groups in total. The average molecular weight is 395 g/mol. The molecule has 7 heteroatoms. The van der Waals surface area contributed by atoms with Gasteiger partial charge in [-0.2, -0.15) is 5.26 Å². The number of aromatic nitrogens is 1. The summed E-state index contributed by atoms with van der Waals surface area (Å²) >= 11 is 3.16. The van der Waals surface area contributed by atoms with Crippen LogP contribution in [-0.2, 0) is 6.54 Å². The third-order valence-electron chi connectivity index (χ3n) is 4.60. The number of hydrogen-bond donors (Lipinski definition) is 0. The molecule has 1 aliphatic heterocycles. The first-order valence-corrected chi connectivity index (χ1v) is 10.5. The summed E-state index contributed by atoms with van der Waals surface area (Å²) in [7, 11) is 0. The Morgan fingerprint density at radius 1 is 1.11 bits per heavy atom. The van der Waals surface area contributed by atoms with E-state index in [9.17, 15) is 4.79 Å². The van der Waals surface area contributed by atoms with Gasteiger partial charge in [-0.05, 0) is 29.1 Å². The molecule has 0 bridgehead atoms. The van der Waals surface area contributed by atoms with Gasteiger partial charge in [0.1, 0.15) is 10.7 Å². The number of carbonyl (C=O) groups excluding carboxylic acids is 1. The molecule has 1 amide bonds. The average Bonchev–Trinajstić information content (AvgIpc) is 3.40. The molecule has 4 rings (SSSR count). The van der Waals surface area contributed by atoms with Crippen molar-refractivity contribution in [3.63, 3.8) is 0 Å². The number of carbonyl (C=O) groups is 1. The van der Waals surface area contributed by atoms with Gasteiger partial charge < -0.3 is 4.90 Å². The summed E-state index contributed by atoms with van der Waals surface area (Å²) in [6.07, 6.45) is 0. The smallest absolute Gasteiger partial charge is 0.273 e.